The van der Waals surface area contributed by atoms with Gasteiger partial charge in [-0.25, -0.2) is 4.79 Å². The van der Waals surface area contributed by atoms with E-state index in [1.54, 1.807) is 54.6 Å². The normalized spacial score (nSPS) is 10.2. The molecular weight excluding hydrogens is 434 g/mol. The summed E-state index contributed by atoms with van der Waals surface area (Å²) < 4.78 is 15.5. The third-order valence-electron chi connectivity index (χ3n) is 4.51. The average molecular weight is 454 g/mol. The molecule has 7 nitrogen and oxygen atoms in total. The van der Waals surface area contributed by atoms with Gasteiger partial charge in [0, 0.05) is 22.2 Å². The summed E-state index contributed by atoms with van der Waals surface area (Å²) in [6.07, 6.45) is 0. The minimum atomic E-state index is -0.796. The highest BCUT2D eigenvalue weighted by Crippen LogP contribution is 2.28. The first-order valence-corrected chi connectivity index (χ1v) is 9.89. The van der Waals surface area contributed by atoms with Crippen molar-refractivity contribution in [3.63, 3.8) is 0 Å². The second kappa shape index (κ2) is 10.5. The van der Waals surface area contributed by atoms with E-state index in [-0.39, 0.29) is 16.9 Å². The van der Waals surface area contributed by atoms with Crippen molar-refractivity contribution in [3.8, 4) is 11.5 Å². The first-order valence-electron chi connectivity index (χ1n) is 9.51. The number of nitrogens with one attached hydrogen (secondary N) is 1. The molecule has 0 heterocycles. The van der Waals surface area contributed by atoms with Gasteiger partial charge in [-0.3, -0.25) is 9.59 Å². The van der Waals surface area contributed by atoms with Gasteiger partial charge in [-0.2, -0.15) is 0 Å². The van der Waals surface area contributed by atoms with Gasteiger partial charge in [0.15, 0.2) is 12.4 Å². The minimum Gasteiger partial charge on any atom is -0.497 e. The summed E-state index contributed by atoms with van der Waals surface area (Å²) in [6.45, 7) is -0.553. The van der Waals surface area contributed by atoms with E-state index < -0.39 is 18.5 Å². The van der Waals surface area contributed by atoms with Crippen LogP contribution < -0.4 is 14.8 Å². The fourth-order valence-corrected chi connectivity index (χ4v) is 3.05. The second-order valence-corrected chi connectivity index (χ2v) is 7.01. The van der Waals surface area contributed by atoms with Crippen molar-refractivity contribution in [1.82, 2.24) is 0 Å². The molecule has 0 atom stereocenters. The molecule has 0 aliphatic heterocycles. The third kappa shape index (κ3) is 5.44. The van der Waals surface area contributed by atoms with Gasteiger partial charge < -0.3 is 19.5 Å². The Hall–Kier alpha value is -3.84. The zero-order chi connectivity index (χ0) is 23.1. The summed E-state index contributed by atoms with van der Waals surface area (Å²) in [5, 5.41) is 3.10. The van der Waals surface area contributed by atoms with E-state index >= 15 is 0 Å². The third-order valence-corrected chi connectivity index (χ3v) is 4.77. The summed E-state index contributed by atoms with van der Waals surface area (Å²) >= 11 is 5.87. The molecule has 0 aliphatic carbocycles. The highest BCUT2D eigenvalue weighted by atomic mass is 35.5. The molecule has 0 radical (unpaired) electrons. The quantitative estimate of drug-likeness (QED) is 0.402. The molecule has 0 saturated heterocycles. The van der Waals surface area contributed by atoms with Crippen molar-refractivity contribution < 1.29 is 28.6 Å². The maximum atomic E-state index is 12.8. The molecule has 0 unspecified atom stereocenters. The van der Waals surface area contributed by atoms with Gasteiger partial charge in [0.25, 0.3) is 5.91 Å². The van der Waals surface area contributed by atoms with Gasteiger partial charge in [0.1, 0.15) is 11.5 Å². The minimum absolute atomic E-state index is 0.0548. The lowest BCUT2D eigenvalue weighted by Gasteiger charge is -2.12. The van der Waals surface area contributed by atoms with E-state index in [2.05, 4.69) is 5.32 Å². The number of hydrogen-bond donors (Lipinski definition) is 1. The van der Waals surface area contributed by atoms with E-state index in [0.717, 1.165) is 0 Å². The number of carbonyl (C=O) groups excluding carboxylic acids is 3. The highest BCUT2D eigenvalue weighted by Gasteiger charge is 2.20. The van der Waals surface area contributed by atoms with Crippen molar-refractivity contribution >= 4 is 34.9 Å². The van der Waals surface area contributed by atoms with Gasteiger partial charge in [-0.1, -0.05) is 29.8 Å². The van der Waals surface area contributed by atoms with Crippen LogP contribution in [0.4, 0.5) is 5.69 Å². The van der Waals surface area contributed by atoms with Crippen LogP contribution in [0.5, 0.6) is 11.5 Å². The van der Waals surface area contributed by atoms with Crippen molar-refractivity contribution in [2.45, 2.75) is 0 Å². The monoisotopic (exact) mass is 453 g/mol. The number of halogens is 1. The number of ketones is 1. The molecule has 0 aliphatic rings. The second-order valence-electron chi connectivity index (χ2n) is 6.57. The molecule has 0 bridgehead atoms. The van der Waals surface area contributed by atoms with Gasteiger partial charge in [0.2, 0.25) is 0 Å². The molecule has 8 heteroatoms. The highest BCUT2D eigenvalue weighted by molar-refractivity contribution is 6.30. The van der Waals surface area contributed by atoms with Gasteiger partial charge in [0.05, 0.1) is 25.5 Å². The van der Waals surface area contributed by atoms with E-state index in [0.29, 0.717) is 27.8 Å². The average Bonchev–Trinajstić information content (AvgIpc) is 2.82. The van der Waals surface area contributed by atoms with Crippen LogP contribution in [0.2, 0.25) is 5.02 Å². The fraction of sp³-hybridized carbons (Fsp3) is 0.125. The molecule has 164 valence electrons. The zero-order valence-electron chi connectivity index (χ0n) is 17.4. The molecule has 0 saturated carbocycles. The van der Waals surface area contributed by atoms with Crippen LogP contribution in [-0.2, 0) is 9.53 Å². The van der Waals surface area contributed by atoms with Crippen LogP contribution in [0.15, 0.2) is 66.7 Å². The number of esters is 1. The molecule has 1 N–H and O–H groups in total. The molecule has 0 aromatic heterocycles. The maximum Gasteiger partial charge on any atom is 0.339 e. The number of hydrogen-bond acceptors (Lipinski definition) is 6. The molecular formula is C24H20ClNO6. The summed E-state index contributed by atoms with van der Waals surface area (Å²) in [5.74, 6) is -0.793. The summed E-state index contributed by atoms with van der Waals surface area (Å²) in [6, 6.07) is 17.5. The zero-order valence-corrected chi connectivity index (χ0v) is 18.1. The van der Waals surface area contributed by atoms with Gasteiger partial charge in [-0.05, 0) is 42.5 Å². The molecule has 3 aromatic rings. The van der Waals surface area contributed by atoms with E-state index in [1.165, 1.54) is 26.4 Å². The van der Waals surface area contributed by atoms with Crippen molar-refractivity contribution in [2.75, 3.05) is 26.1 Å². The number of amides is 1. The maximum absolute atomic E-state index is 12.8. The van der Waals surface area contributed by atoms with Crippen molar-refractivity contribution in [3.05, 3.63) is 88.4 Å². The first-order chi connectivity index (χ1) is 15.4. The number of carbonyl (C=O) groups is 3. The lowest BCUT2D eigenvalue weighted by atomic mass is 9.98. The number of ether oxygens (including phenoxy) is 3. The predicted molar refractivity (Wildman–Crippen MR) is 120 cm³/mol. The SMILES string of the molecule is COc1ccc(OC)c(NC(=O)COC(=O)c2ccccc2C(=O)c2ccc(Cl)cc2)c1. The lowest BCUT2D eigenvalue weighted by Crippen LogP contribution is -2.22. The van der Waals surface area contributed by atoms with Gasteiger partial charge >= 0.3 is 5.97 Å². The number of anilines is 1. The number of benzene rings is 3. The molecule has 3 aromatic carbocycles. The van der Waals surface area contributed by atoms with E-state index in [9.17, 15) is 14.4 Å². The Morgan fingerprint density at radius 1 is 0.875 bits per heavy atom. The topological polar surface area (TPSA) is 90.9 Å². The Bertz CT molecular complexity index is 1140. The van der Waals surface area contributed by atoms with E-state index in [4.69, 9.17) is 25.8 Å². The van der Waals surface area contributed by atoms with Crippen LogP contribution in [0, 0.1) is 0 Å². The Labute approximate surface area is 189 Å². The smallest absolute Gasteiger partial charge is 0.339 e. The molecule has 0 spiro atoms. The number of methoxy groups -OCH3 is 2. The largest absolute Gasteiger partial charge is 0.497 e. The molecule has 1 amide bonds. The van der Waals surface area contributed by atoms with E-state index in [1.807, 2.05) is 0 Å². The Balaban J connectivity index is 1.70. The summed E-state index contributed by atoms with van der Waals surface area (Å²) in [7, 11) is 2.96. The molecule has 3 rings (SSSR count). The van der Waals surface area contributed by atoms with Crippen molar-refractivity contribution in [2.24, 2.45) is 0 Å². The van der Waals surface area contributed by atoms with Crippen LogP contribution in [0.1, 0.15) is 26.3 Å². The Morgan fingerprint density at radius 3 is 2.22 bits per heavy atom. The van der Waals surface area contributed by atoms with Crippen LogP contribution in [-0.4, -0.2) is 38.5 Å². The standard InChI is InChI=1S/C24H20ClNO6/c1-30-17-11-12-21(31-2)20(13-17)26-22(27)14-32-24(29)19-6-4-3-5-18(19)23(28)15-7-9-16(25)10-8-15/h3-13H,14H2,1-2H3,(H,26,27). The first kappa shape index (κ1) is 22.8. The predicted octanol–water partition coefficient (Wildman–Crippen LogP) is 4.38. The molecule has 32 heavy (non-hydrogen) atoms. The Kier molecular flexibility index (Phi) is 7.46. The van der Waals surface area contributed by atoms with Crippen molar-refractivity contribution in [1.29, 1.82) is 0 Å². The van der Waals surface area contributed by atoms with Crippen LogP contribution in [0.3, 0.4) is 0 Å². The van der Waals surface area contributed by atoms with Crippen LogP contribution in [0.25, 0.3) is 0 Å². The molecule has 0 fully saturated rings. The lowest BCUT2D eigenvalue weighted by molar-refractivity contribution is -0.119. The van der Waals surface area contributed by atoms with Gasteiger partial charge in [-0.15, -0.1) is 0 Å². The number of rotatable bonds is 8. The van der Waals surface area contributed by atoms with Crippen LogP contribution >= 0.6 is 11.6 Å². The summed E-state index contributed by atoms with van der Waals surface area (Å²) in [4.78, 5) is 37.8. The summed E-state index contributed by atoms with van der Waals surface area (Å²) in [5.41, 5.74) is 0.956. The Morgan fingerprint density at radius 2 is 1.56 bits per heavy atom. The fourth-order valence-electron chi connectivity index (χ4n) is 2.92.